The molecule has 5 N–H and O–H groups in total. The van der Waals surface area contributed by atoms with Crippen LogP contribution >= 0.6 is 7.82 Å². The van der Waals surface area contributed by atoms with Crippen LogP contribution in [0.5, 0.6) is 0 Å². The minimum atomic E-state index is -4.78. The average Bonchev–Trinajstić information content (AvgIpc) is 3.57. The first-order chi connectivity index (χ1) is 28.9. The zero-order valence-corrected chi connectivity index (χ0v) is 37.0. The smallest absolute Gasteiger partial charge is 0.472 e. The van der Waals surface area contributed by atoms with Gasteiger partial charge in [-0.25, -0.2) is 4.57 Å². The average molecular weight is 864 g/mol. The molecule has 0 heterocycles. The van der Waals surface area contributed by atoms with E-state index in [1.807, 2.05) is 24.3 Å². The van der Waals surface area contributed by atoms with E-state index in [1.165, 1.54) is 19.3 Å². The highest BCUT2D eigenvalue weighted by atomic mass is 31.2. The number of hydrogen-bond donors (Lipinski definition) is 4. The van der Waals surface area contributed by atoms with Crippen LogP contribution < -0.4 is 5.73 Å². The maximum atomic E-state index is 12.7. The lowest BCUT2D eigenvalue weighted by Gasteiger charge is -2.20. The number of nitrogens with two attached hydrogens (primary N) is 1. The van der Waals surface area contributed by atoms with E-state index in [4.69, 9.17) is 24.8 Å². The first-order valence-electron chi connectivity index (χ1n) is 22.0. The van der Waals surface area contributed by atoms with Gasteiger partial charge < -0.3 is 30.3 Å². The van der Waals surface area contributed by atoms with Crippen molar-refractivity contribution in [2.45, 2.75) is 161 Å². The van der Waals surface area contributed by atoms with E-state index >= 15 is 0 Å². The monoisotopic (exact) mass is 863 g/mol. The molecular formula is C46H74NO12P. The first-order valence-corrected chi connectivity index (χ1v) is 23.5. The number of hydrogen-bond acceptors (Lipinski definition) is 11. The van der Waals surface area contributed by atoms with Crippen molar-refractivity contribution in [3.63, 3.8) is 0 Å². The van der Waals surface area contributed by atoms with E-state index in [0.29, 0.717) is 32.1 Å². The second-order valence-electron chi connectivity index (χ2n) is 15.1. The first kappa shape index (κ1) is 54.6. The highest BCUT2D eigenvalue weighted by Crippen LogP contribution is 2.43. The molecule has 1 aliphatic carbocycles. The molecule has 0 amide bonds. The fourth-order valence-corrected chi connectivity index (χ4v) is 6.84. The summed E-state index contributed by atoms with van der Waals surface area (Å²) in [6, 6.07) is -1.56. The van der Waals surface area contributed by atoms with E-state index in [9.17, 15) is 33.7 Å². The largest absolute Gasteiger partial charge is 0.480 e. The molecule has 1 aliphatic rings. The summed E-state index contributed by atoms with van der Waals surface area (Å²) in [7, 11) is -4.78. The number of aliphatic hydroxyl groups is 1. The van der Waals surface area contributed by atoms with Gasteiger partial charge in [-0.05, 0) is 82.6 Å². The van der Waals surface area contributed by atoms with Gasteiger partial charge in [0, 0.05) is 18.8 Å². The summed E-state index contributed by atoms with van der Waals surface area (Å²) in [5.41, 5.74) is 5.33. The Bertz CT molecular complexity index is 1440. The number of rotatable bonds is 37. The normalized spacial score (nSPS) is 18.3. The molecule has 0 aromatic heterocycles. The molecule has 14 heteroatoms. The van der Waals surface area contributed by atoms with Crippen molar-refractivity contribution in [1.29, 1.82) is 0 Å². The molecule has 0 saturated heterocycles. The molecule has 6 atom stereocenters. The predicted octanol–water partition coefficient (Wildman–Crippen LogP) is 9.34. The van der Waals surface area contributed by atoms with Crippen LogP contribution in [0.4, 0.5) is 0 Å². The third-order valence-corrected chi connectivity index (χ3v) is 10.6. The lowest BCUT2D eigenvalue weighted by Crippen LogP contribution is -2.34. The summed E-state index contributed by atoms with van der Waals surface area (Å²) in [5, 5.41) is 19.1. The van der Waals surface area contributed by atoms with Crippen molar-refractivity contribution >= 4 is 31.5 Å². The maximum Gasteiger partial charge on any atom is 0.472 e. The highest BCUT2D eigenvalue weighted by Gasteiger charge is 2.29. The fraction of sp³-hybridized carbons (Fsp3) is 0.652. The van der Waals surface area contributed by atoms with E-state index in [1.54, 1.807) is 12.2 Å². The molecule has 60 heavy (non-hydrogen) atoms. The van der Waals surface area contributed by atoms with Crippen LogP contribution in [0.2, 0.25) is 0 Å². The van der Waals surface area contributed by atoms with Crippen LogP contribution in [0.1, 0.15) is 142 Å². The van der Waals surface area contributed by atoms with Gasteiger partial charge in [0.05, 0.1) is 19.3 Å². The number of esters is 2. The topological polar surface area (TPSA) is 209 Å². The number of carbonyl (C=O) groups excluding carboxylic acids is 3. The second kappa shape index (κ2) is 35.2. The van der Waals surface area contributed by atoms with Crippen LogP contribution in [0.25, 0.3) is 0 Å². The minimum Gasteiger partial charge on any atom is -0.480 e. The van der Waals surface area contributed by atoms with E-state index in [0.717, 1.165) is 64.2 Å². The number of aliphatic hydroxyl groups excluding tert-OH is 1. The molecule has 0 radical (unpaired) electrons. The van der Waals surface area contributed by atoms with Crippen molar-refractivity contribution in [2.75, 3.05) is 19.8 Å². The van der Waals surface area contributed by atoms with Crippen molar-refractivity contribution < 1.29 is 57.4 Å². The van der Waals surface area contributed by atoms with Crippen molar-refractivity contribution in [2.24, 2.45) is 17.6 Å². The Morgan fingerprint density at radius 1 is 0.767 bits per heavy atom. The van der Waals surface area contributed by atoms with Crippen LogP contribution in [-0.2, 0) is 42.3 Å². The Hall–Kier alpha value is -3.45. The summed E-state index contributed by atoms with van der Waals surface area (Å²) in [6.07, 6.45) is 38.8. The third-order valence-electron chi connectivity index (χ3n) is 9.67. The summed E-state index contributed by atoms with van der Waals surface area (Å²) >= 11 is 0. The molecule has 340 valence electrons. The van der Waals surface area contributed by atoms with Crippen molar-refractivity contribution in [3.8, 4) is 0 Å². The standard InChI is InChI=1S/C46H74NO12P/c1-3-5-7-8-9-10-11-12-13-14-15-16-17-18-19-20-26-30-45(51)59-40(36-57-60(54,55)58-37-42(47)46(52)53)35-56-44(50)29-25-22-21-24-27-38-31-34-43(49)41(38)33-32-39(48)28-23-6-4-2/h9-10,12-13,15-16,21,24,31-34,38-42,48H,3-8,11,14,17-20,22-23,25-30,35-37,47H2,1-2H3,(H,52,53)(H,54,55)/b10-9-,13-12-,16-15-,24-21-,33-32+/t38-,39-,40+,41+,42-/m0/s1. The van der Waals surface area contributed by atoms with E-state index < -0.39 is 63.8 Å². The number of carbonyl (C=O) groups is 4. The van der Waals surface area contributed by atoms with Gasteiger partial charge in [0.25, 0.3) is 0 Å². The molecule has 0 aromatic rings. The second-order valence-corrected chi connectivity index (χ2v) is 16.6. The zero-order valence-electron chi connectivity index (χ0n) is 36.1. The van der Waals surface area contributed by atoms with Crippen LogP contribution in [0.3, 0.4) is 0 Å². The SMILES string of the molecule is CCCCC/C=C\C/C=C\C/C=C\CCCCCCC(=O)O[C@H](COC(=O)CCC/C=C\C[C@H]1C=CC(=O)[C@@H]1/C=C/[C@@H](O)CCCCC)COP(=O)(O)OC[C@H](N)C(=O)O. The number of phosphoric acid groups is 1. The Balaban J connectivity index is 2.48. The molecule has 0 saturated carbocycles. The molecular weight excluding hydrogens is 789 g/mol. The van der Waals surface area contributed by atoms with Gasteiger partial charge in [-0.2, -0.15) is 0 Å². The Kier molecular flexibility index (Phi) is 32.0. The molecule has 13 nitrogen and oxygen atoms in total. The minimum absolute atomic E-state index is 0.00366. The third kappa shape index (κ3) is 29.7. The van der Waals surface area contributed by atoms with Gasteiger partial charge in [0.2, 0.25) is 0 Å². The number of ether oxygens (including phenoxy) is 2. The number of unbranched alkanes of at least 4 members (excludes halogenated alkanes) is 10. The Morgan fingerprint density at radius 3 is 2.03 bits per heavy atom. The summed E-state index contributed by atoms with van der Waals surface area (Å²) < 4.78 is 32.7. The lowest BCUT2D eigenvalue weighted by molar-refractivity contribution is -0.161. The summed E-state index contributed by atoms with van der Waals surface area (Å²) in [5.74, 6) is -2.88. The van der Waals surface area contributed by atoms with Crippen LogP contribution in [0, 0.1) is 11.8 Å². The number of phosphoric ester groups is 1. The quantitative estimate of drug-likeness (QED) is 0.0199. The molecule has 0 aromatic carbocycles. The molecule has 0 spiro atoms. The molecule has 1 unspecified atom stereocenters. The van der Waals surface area contributed by atoms with Gasteiger partial charge in [0.1, 0.15) is 12.6 Å². The van der Waals surface area contributed by atoms with Gasteiger partial charge in [-0.3, -0.25) is 28.2 Å². The van der Waals surface area contributed by atoms with Crippen LogP contribution in [0.15, 0.2) is 72.9 Å². The molecule has 0 fully saturated rings. The summed E-state index contributed by atoms with van der Waals surface area (Å²) in [6.45, 7) is 2.43. The van der Waals surface area contributed by atoms with Gasteiger partial charge >= 0.3 is 25.7 Å². The van der Waals surface area contributed by atoms with Crippen LogP contribution in [-0.4, -0.2) is 76.9 Å². The number of allylic oxidation sites excluding steroid dienone is 11. The van der Waals surface area contributed by atoms with Gasteiger partial charge in [0.15, 0.2) is 11.9 Å². The predicted molar refractivity (Wildman–Crippen MR) is 235 cm³/mol. The highest BCUT2D eigenvalue weighted by molar-refractivity contribution is 7.47. The molecule has 1 rings (SSSR count). The van der Waals surface area contributed by atoms with Crippen molar-refractivity contribution in [1.82, 2.24) is 0 Å². The number of aliphatic carboxylic acids is 1. The maximum absolute atomic E-state index is 12.7. The van der Waals surface area contributed by atoms with Crippen molar-refractivity contribution in [3.05, 3.63) is 72.9 Å². The van der Waals surface area contributed by atoms with E-state index in [2.05, 4.69) is 54.8 Å². The Labute approximate surface area is 358 Å². The number of ketones is 1. The fourth-order valence-electron chi connectivity index (χ4n) is 6.06. The van der Waals surface area contributed by atoms with Gasteiger partial charge in [-0.15, -0.1) is 0 Å². The molecule has 0 bridgehead atoms. The van der Waals surface area contributed by atoms with Gasteiger partial charge in [-0.1, -0.05) is 126 Å². The number of carboxylic acids is 1. The number of carboxylic acid groups (broad SMARTS) is 1. The zero-order chi connectivity index (χ0) is 44.3. The molecule has 0 aliphatic heterocycles. The van der Waals surface area contributed by atoms with E-state index in [-0.39, 0.29) is 30.5 Å². The lowest BCUT2D eigenvalue weighted by atomic mass is 9.90. The summed E-state index contributed by atoms with van der Waals surface area (Å²) in [4.78, 5) is 58.5. The Morgan fingerprint density at radius 2 is 1.35 bits per heavy atom.